The Hall–Kier alpha value is -4.18. The SMILES string of the molecule is Cc1nc2c3ccc[c-]c3c3nccc(-c4ccccc4)c3n2c1C.[2H]C([2H])([2H])c1ccc(-c2[c-]cccc2)nc1.[Ir]. The van der Waals surface area contributed by atoms with Crippen molar-refractivity contribution in [1.82, 2.24) is 19.4 Å². The summed E-state index contributed by atoms with van der Waals surface area (Å²) in [5.74, 6) is 0. The molecule has 4 aromatic heterocycles. The van der Waals surface area contributed by atoms with Gasteiger partial charge in [-0.1, -0.05) is 47.9 Å². The quantitative estimate of drug-likeness (QED) is 0.137. The number of aromatic nitrogens is 4. The van der Waals surface area contributed by atoms with Crippen LogP contribution >= 0.6 is 0 Å². The van der Waals surface area contributed by atoms with E-state index in [1.54, 1.807) is 18.2 Å². The Morgan fingerprint density at radius 3 is 2.38 bits per heavy atom. The maximum Gasteiger partial charge on any atom is 0.101 e. The van der Waals surface area contributed by atoms with Gasteiger partial charge in [0.05, 0.1) is 5.69 Å². The van der Waals surface area contributed by atoms with Crippen molar-refractivity contribution in [2.24, 2.45) is 0 Å². The molecule has 0 aliphatic heterocycles. The molecular formula is C34H26IrN4-2. The first-order chi connectivity index (χ1) is 19.8. The molecule has 0 fully saturated rings. The summed E-state index contributed by atoms with van der Waals surface area (Å²) >= 11 is 0. The molecule has 0 aliphatic rings. The molecule has 0 aliphatic carbocycles. The molecule has 0 spiro atoms. The van der Waals surface area contributed by atoms with Crippen LogP contribution in [0.1, 0.15) is 21.1 Å². The molecule has 39 heavy (non-hydrogen) atoms. The minimum Gasteiger partial charge on any atom is -0.311 e. The molecule has 1 radical (unpaired) electrons. The summed E-state index contributed by atoms with van der Waals surface area (Å²) in [6.45, 7) is 2.09. The van der Waals surface area contributed by atoms with E-state index in [9.17, 15) is 0 Å². The van der Waals surface area contributed by atoms with Crippen molar-refractivity contribution in [2.45, 2.75) is 20.7 Å². The van der Waals surface area contributed by atoms with Crippen LogP contribution in [0.2, 0.25) is 0 Å². The minimum absolute atomic E-state index is 0. The average molecular weight is 686 g/mol. The van der Waals surface area contributed by atoms with Crippen LogP contribution < -0.4 is 0 Å². The van der Waals surface area contributed by atoms with Crippen LogP contribution in [0.15, 0.2) is 103 Å². The summed E-state index contributed by atoms with van der Waals surface area (Å²) in [6.07, 6.45) is 3.28. The van der Waals surface area contributed by atoms with E-state index in [0.29, 0.717) is 0 Å². The molecule has 0 atom stereocenters. The molecule has 7 aromatic rings. The Balaban J connectivity index is 0.000000181. The van der Waals surface area contributed by atoms with Crippen molar-refractivity contribution in [3.63, 3.8) is 0 Å². The summed E-state index contributed by atoms with van der Waals surface area (Å²) in [6, 6.07) is 35.7. The zero-order valence-electron chi connectivity index (χ0n) is 24.4. The Kier molecular flexibility index (Phi) is 6.59. The van der Waals surface area contributed by atoms with Crippen molar-refractivity contribution in [2.75, 3.05) is 0 Å². The Labute approximate surface area is 246 Å². The van der Waals surface area contributed by atoms with Crippen LogP contribution in [0, 0.1) is 32.8 Å². The fourth-order valence-corrected chi connectivity index (χ4v) is 4.70. The second kappa shape index (κ2) is 11.3. The first kappa shape index (κ1) is 22.8. The largest absolute Gasteiger partial charge is 0.311 e. The van der Waals surface area contributed by atoms with Gasteiger partial charge in [0.1, 0.15) is 5.65 Å². The maximum atomic E-state index is 7.23. The third kappa shape index (κ3) is 4.99. The molecule has 193 valence electrons. The summed E-state index contributed by atoms with van der Waals surface area (Å²) in [5, 5.41) is 2.11. The standard InChI is InChI=1S/C22H16N3.C12H10N.Ir/c1-14-15(2)25-21-17(16-8-4-3-5-9-16)12-13-23-20(21)18-10-6-7-11-19(18)22(25)24-14;1-10-7-8-12(13-9-10)11-5-3-2-4-6-11;/h3-9,11-13H,1-2H3;2-5,7-9H,1H3;/q2*-1;/i;1D3;. The predicted molar refractivity (Wildman–Crippen MR) is 155 cm³/mol. The van der Waals surface area contributed by atoms with E-state index in [0.717, 1.165) is 55.7 Å². The van der Waals surface area contributed by atoms with Crippen molar-refractivity contribution >= 4 is 27.5 Å². The summed E-state index contributed by atoms with van der Waals surface area (Å²) < 4.78 is 23.9. The first-order valence-electron chi connectivity index (χ1n) is 13.9. The smallest absolute Gasteiger partial charge is 0.101 e. The Bertz CT molecular complexity index is 1990. The van der Waals surface area contributed by atoms with Crippen LogP contribution in [0.25, 0.3) is 49.8 Å². The van der Waals surface area contributed by atoms with Crippen molar-refractivity contribution < 1.29 is 24.2 Å². The molecule has 7 rings (SSSR count). The third-order valence-corrected chi connectivity index (χ3v) is 6.66. The van der Waals surface area contributed by atoms with Crippen LogP contribution in [-0.2, 0) is 20.1 Å². The van der Waals surface area contributed by atoms with Crippen LogP contribution in [0.5, 0.6) is 0 Å². The molecule has 0 N–H and O–H groups in total. The number of pyridine rings is 3. The second-order valence-corrected chi connectivity index (χ2v) is 9.03. The van der Waals surface area contributed by atoms with E-state index in [-0.39, 0.29) is 25.7 Å². The molecule has 0 saturated carbocycles. The van der Waals surface area contributed by atoms with E-state index in [4.69, 9.17) is 14.1 Å². The van der Waals surface area contributed by atoms with Gasteiger partial charge in [0.2, 0.25) is 0 Å². The number of aryl methyl sites for hydroxylation is 3. The zero-order chi connectivity index (χ0) is 28.6. The van der Waals surface area contributed by atoms with Gasteiger partial charge in [0, 0.05) is 53.3 Å². The number of nitrogens with zero attached hydrogens (tertiary/aromatic N) is 4. The van der Waals surface area contributed by atoms with Crippen molar-refractivity contribution in [1.29, 1.82) is 0 Å². The molecule has 4 heterocycles. The van der Waals surface area contributed by atoms with E-state index in [2.05, 4.69) is 71.8 Å². The predicted octanol–water partition coefficient (Wildman–Crippen LogP) is 7.97. The molecule has 0 unspecified atom stereocenters. The molecule has 4 nitrogen and oxygen atoms in total. The molecule has 5 heteroatoms. The van der Waals surface area contributed by atoms with E-state index >= 15 is 0 Å². The number of benzene rings is 3. The molecular weight excluding hydrogens is 657 g/mol. The fraction of sp³-hybridized carbons (Fsp3) is 0.0882. The molecule has 0 bridgehead atoms. The molecule has 3 aromatic carbocycles. The van der Waals surface area contributed by atoms with Gasteiger partial charge in [-0.25, -0.2) is 4.98 Å². The number of imidazole rings is 1. The van der Waals surface area contributed by atoms with Gasteiger partial charge in [-0.05, 0) is 49.2 Å². The minimum atomic E-state index is -2.09. The van der Waals surface area contributed by atoms with Gasteiger partial charge in [0.25, 0.3) is 0 Å². The van der Waals surface area contributed by atoms with Gasteiger partial charge < -0.3 is 14.4 Å². The van der Waals surface area contributed by atoms with E-state index in [1.807, 2.05) is 42.6 Å². The molecule has 0 amide bonds. The van der Waals surface area contributed by atoms with Gasteiger partial charge in [-0.2, -0.15) is 0 Å². The van der Waals surface area contributed by atoms with E-state index in [1.165, 1.54) is 11.8 Å². The fourth-order valence-electron chi connectivity index (χ4n) is 4.70. The first-order valence-corrected chi connectivity index (χ1v) is 12.4. The second-order valence-electron chi connectivity index (χ2n) is 9.03. The maximum absolute atomic E-state index is 7.23. The Morgan fingerprint density at radius 2 is 1.64 bits per heavy atom. The summed E-state index contributed by atoms with van der Waals surface area (Å²) in [7, 11) is 0. The summed E-state index contributed by atoms with van der Waals surface area (Å²) in [5.41, 5.74) is 9.41. The topological polar surface area (TPSA) is 43.1 Å². The number of hydrogen-bond acceptors (Lipinski definition) is 3. The van der Waals surface area contributed by atoms with Crippen LogP contribution in [0.4, 0.5) is 0 Å². The number of rotatable bonds is 2. The average Bonchev–Trinajstić information content (AvgIpc) is 3.31. The third-order valence-electron chi connectivity index (χ3n) is 6.66. The normalized spacial score (nSPS) is 12.2. The van der Waals surface area contributed by atoms with Crippen LogP contribution in [0.3, 0.4) is 0 Å². The monoisotopic (exact) mass is 686 g/mol. The van der Waals surface area contributed by atoms with Gasteiger partial charge >= 0.3 is 0 Å². The zero-order valence-corrected chi connectivity index (χ0v) is 23.8. The van der Waals surface area contributed by atoms with Crippen molar-refractivity contribution in [3.8, 4) is 22.4 Å². The molecule has 0 saturated heterocycles. The Morgan fingerprint density at radius 1 is 0.821 bits per heavy atom. The van der Waals surface area contributed by atoms with Crippen molar-refractivity contribution in [3.05, 3.63) is 132 Å². The van der Waals surface area contributed by atoms with Gasteiger partial charge in [-0.15, -0.1) is 65.5 Å². The van der Waals surface area contributed by atoms with E-state index < -0.39 is 6.85 Å². The summed E-state index contributed by atoms with van der Waals surface area (Å²) in [4.78, 5) is 13.7. The van der Waals surface area contributed by atoms with Gasteiger partial charge in [0.15, 0.2) is 0 Å². The number of fused-ring (bicyclic) bond motifs is 6. The number of hydrogen-bond donors (Lipinski definition) is 0. The van der Waals surface area contributed by atoms with Crippen LogP contribution in [-0.4, -0.2) is 19.4 Å². The van der Waals surface area contributed by atoms with Gasteiger partial charge in [-0.3, -0.25) is 0 Å².